The minimum absolute atomic E-state index is 0.0833. The van der Waals surface area contributed by atoms with E-state index in [1.165, 1.54) is 35.4 Å². The molecule has 3 heterocycles. The van der Waals surface area contributed by atoms with Gasteiger partial charge in [-0.3, -0.25) is 19.9 Å². The third kappa shape index (κ3) is 5.39. The number of benzene rings is 2. The maximum absolute atomic E-state index is 14.4. The molecular formula is C25H24FN5O6S. The van der Waals surface area contributed by atoms with Crippen LogP contribution in [0.5, 0.6) is 0 Å². The van der Waals surface area contributed by atoms with Gasteiger partial charge in [-0.15, -0.1) is 0 Å². The molecule has 2 aromatic heterocycles. The lowest BCUT2D eigenvalue weighted by Crippen LogP contribution is -2.40. The Bertz CT molecular complexity index is 1550. The average molecular weight is 542 g/mol. The predicted octanol–water partition coefficient (Wildman–Crippen LogP) is 1.67. The van der Waals surface area contributed by atoms with Crippen LogP contribution in [0.1, 0.15) is 22.9 Å². The second-order valence-corrected chi connectivity index (χ2v) is 10.1. The molecule has 198 valence electrons. The third-order valence-corrected chi connectivity index (χ3v) is 7.44. The highest BCUT2D eigenvalue weighted by Gasteiger charge is 2.34. The zero-order valence-electron chi connectivity index (χ0n) is 19.9. The average Bonchev–Trinajstić information content (AvgIpc) is 3.50. The van der Waals surface area contributed by atoms with E-state index in [4.69, 9.17) is 9.90 Å². The SMILES string of the molecule is O=C([C@H](NCCO)c1ccccc1F)N1Cc2cn(S(=O)(=O)c3ccc4ncccc4c3)nc2C1.O=CO. The Morgan fingerprint density at radius 1 is 1.16 bits per heavy atom. The molecule has 38 heavy (non-hydrogen) atoms. The lowest BCUT2D eigenvalue weighted by molar-refractivity contribution is -0.134. The summed E-state index contributed by atoms with van der Waals surface area (Å²) in [6.07, 6.45) is 3.04. The largest absolute Gasteiger partial charge is 0.483 e. The number of carbonyl (C=O) groups is 2. The summed E-state index contributed by atoms with van der Waals surface area (Å²) in [5.74, 6) is -0.923. The van der Waals surface area contributed by atoms with E-state index in [1.54, 1.807) is 36.5 Å². The molecular weight excluding hydrogens is 517 g/mol. The molecule has 3 N–H and O–H groups in total. The van der Waals surface area contributed by atoms with E-state index in [0.717, 1.165) is 4.09 Å². The number of carbonyl (C=O) groups excluding carboxylic acids is 1. The van der Waals surface area contributed by atoms with E-state index in [-0.39, 0.29) is 43.2 Å². The van der Waals surface area contributed by atoms with E-state index in [1.807, 2.05) is 0 Å². The van der Waals surface area contributed by atoms with Gasteiger partial charge in [0.2, 0.25) is 5.91 Å². The van der Waals surface area contributed by atoms with Gasteiger partial charge in [-0.25, -0.2) is 4.39 Å². The van der Waals surface area contributed by atoms with Crippen molar-refractivity contribution in [3.05, 3.63) is 89.6 Å². The van der Waals surface area contributed by atoms with Crippen molar-refractivity contribution in [2.45, 2.75) is 24.0 Å². The van der Waals surface area contributed by atoms with Crippen molar-refractivity contribution in [1.82, 2.24) is 24.4 Å². The molecule has 0 radical (unpaired) electrons. The molecule has 0 aliphatic carbocycles. The van der Waals surface area contributed by atoms with E-state index >= 15 is 0 Å². The van der Waals surface area contributed by atoms with Gasteiger partial charge in [0.05, 0.1) is 29.3 Å². The van der Waals surface area contributed by atoms with Crippen molar-refractivity contribution in [2.24, 2.45) is 0 Å². The van der Waals surface area contributed by atoms with Crippen LogP contribution in [0.4, 0.5) is 4.39 Å². The number of aromatic nitrogens is 3. The first-order valence-electron chi connectivity index (χ1n) is 11.4. The number of hydrogen-bond acceptors (Lipinski definition) is 8. The standard InChI is InChI=1S/C24H22FN5O4S.CH2O2/c25-20-6-2-1-5-19(20)23(27-10-11-31)24(32)29-13-17-14-30(28-22(17)15-29)35(33,34)18-7-8-21-16(12-18)4-3-9-26-21;2-1-3/h1-9,12,14,23,27,31H,10-11,13,15H2;1H,(H,2,3)/t23-;/m1./s1. The number of halogens is 1. The van der Waals surface area contributed by atoms with Crippen molar-refractivity contribution in [2.75, 3.05) is 13.2 Å². The molecule has 0 saturated carbocycles. The molecule has 0 bridgehead atoms. The van der Waals surface area contributed by atoms with Crippen LogP contribution in [-0.4, -0.2) is 63.2 Å². The number of pyridine rings is 1. The van der Waals surface area contributed by atoms with E-state index in [0.29, 0.717) is 22.2 Å². The van der Waals surface area contributed by atoms with Gasteiger partial charge in [-0.2, -0.15) is 17.6 Å². The van der Waals surface area contributed by atoms with Crippen LogP contribution in [0.15, 0.2) is 71.9 Å². The molecule has 0 unspecified atom stereocenters. The fourth-order valence-electron chi connectivity index (χ4n) is 4.16. The second kappa shape index (κ2) is 11.5. The molecule has 0 fully saturated rings. The summed E-state index contributed by atoms with van der Waals surface area (Å²) >= 11 is 0. The normalized spacial score (nSPS) is 13.5. The highest BCUT2D eigenvalue weighted by atomic mass is 32.2. The van der Waals surface area contributed by atoms with Crippen molar-refractivity contribution in [3.63, 3.8) is 0 Å². The number of rotatable bonds is 7. The maximum atomic E-state index is 14.4. The van der Waals surface area contributed by atoms with E-state index < -0.39 is 27.8 Å². The molecule has 5 rings (SSSR count). The van der Waals surface area contributed by atoms with Crippen LogP contribution >= 0.6 is 0 Å². The number of amides is 1. The molecule has 1 aliphatic rings. The predicted molar refractivity (Wildman–Crippen MR) is 134 cm³/mol. The smallest absolute Gasteiger partial charge is 0.290 e. The number of fused-ring (bicyclic) bond motifs is 2. The summed E-state index contributed by atoms with van der Waals surface area (Å²) in [5.41, 5.74) is 1.91. The first-order valence-corrected chi connectivity index (χ1v) is 12.9. The number of hydrogen-bond donors (Lipinski definition) is 3. The molecule has 2 aromatic carbocycles. The minimum atomic E-state index is -3.94. The number of nitrogens with one attached hydrogen (secondary N) is 1. The highest BCUT2D eigenvalue weighted by Crippen LogP contribution is 2.28. The molecule has 0 spiro atoms. The lowest BCUT2D eigenvalue weighted by atomic mass is 10.0. The summed E-state index contributed by atoms with van der Waals surface area (Å²) in [4.78, 5) is 27.4. The highest BCUT2D eigenvalue weighted by molar-refractivity contribution is 7.89. The Hall–Kier alpha value is -4.20. The van der Waals surface area contributed by atoms with Crippen LogP contribution in [0.3, 0.4) is 0 Å². The summed E-state index contributed by atoms with van der Waals surface area (Å²) < 4.78 is 41.7. The fourth-order valence-corrected chi connectivity index (χ4v) is 5.36. The minimum Gasteiger partial charge on any atom is -0.483 e. The van der Waals surface area contributed by atoms with Crippen molar-refractivity contribution in [1.29, 1.82) is 0 Å². The molecule has 11 nitrogen and oxygen atoms in total. The Labute approximate surface area is 217 Å². The van der Waals surface area contributed by atoms with E-state index in [2.05, 4.69) is 15.4 Å². The Morgan fingerprint density at radius 2 is 1.92 bits per heavy atom. The van der Waals surface area contributed by atoms with Crippen LogP contribution < -0.4 is 5.32 Å². The van der Waals surface area contributed by atoms with Gasteiger partial charge in [0.15, 0.2) is 0 Å². The quantitative estimate of drug-likeness (QED) is 0.296. The summed E-state index contributed by atoms with van der Waals surface area (Å²) in [5, 5.41) is 23.9. The van der Waals surface area contributed by atoms with Crippen LogP contribution in [-0.2, 0) is 32.7 Å². The van der Waals surface area contributed by atoms with Crippen molar-refractivity contribution < 1.29 is 32.6 Å². The van der Waals surface area contributed by atoms with E-state index in [9.17, 15) is 22.7 Å². The summed E-state index contributed by atoms with van der Waals surface area (Å²) in [7, 11) is -3.94. The van der Waals surface area contributed by atoms with Gasteiger partial charge in [-0.05, 0) is 30.3 Å². The van der Waals surface area contributed by atoms with Gasteiger partial charge < -0.3 is 15.1 Å². The van der Waals surface area contributed by atoms with Gasteiger partial charge >= 0.3 is 0 Å². The summed E-state index contributed by atoms with van der Waals surface area (Å²) in [6, 6.07) is 13.2. The monoisotopic (exact) mass is 541 g/mol. The molecule has 1 amide bonds. The number of nitrogens with zero attached hydrogens (tertiary/aromatic N) is 4. The third-order valence-electron chi connectivity index (χ3n) is 5.91. The molecule has 1 atom stereocenters. The van der Waals surface area contributed by atoms with Crippen molar-refractivity contribution in [3.8, 4) is 0 Å². The summed E-state index contributed by atoms with van der Waals surface area (Å²) in [6.45, 7) is -0.134. The van der Waals surface area contributed by atoms with Crippen LogP contribution in [0.25, 0.3) is 10.9 Å². The van der Waals surface area contributed by atoms with Crippen LogP contribution in [0, 0.1) is 5.82 Å². The Kier molecular flexibility index (Phi) is 8.10. The zero-order chi connectivity index (χ0) is 27.3. The first-order chi connectivity index (χ1) is 18.3. The van der Waals surface area contributed by atoms with Gasteiger partial charge in [-0.1, -0.05) is 24.3 Å². The topological polar surface area (TPSA) is 155 Å². The zero-order valence-corrected chi connectivity index (χ0v) is 20.8. The Balaban J connectivity index is 0.00000107. The van der Waals surface area contributed by atoms with Gasteiger partial charge in [0.25, 0.3) is 16.5 Å². The first kappa shape index (κ1) is 26.9. The fraction of sp³-hybridized carbons (Fsp3) is 0.200. The molecule has 13 heteroatoms. The second-order valence-electron chi connectivity index (χ2n) is 8.27. The molecule has 0 saturated heterocycles. The Morgan fingerprint density at radius 3 is 2.63 bits per heavy atom. The van der Waals surface area contributed by atoms with Gasteiger partial charge in [0, 0.05) is 42.0 Å². The number of aliphatic hydroxyl groups is 1. The van der Waals surface area contributed by atoms with Crippen LogP contribution in [0.2, 0.25) is 0 Å². The lowest BCUT2D eigenvalue weighted by Gasteiger charge is -2.24. The molecule has 4 aromatic rings. The van der Waals surface area contributed by atoms with Crippen molar-refractivity contribution >= 4 is 33.3 Å². The molecule has 1 aliphatic heterocycles. The number of aliphatic hydroxyl groups excluding tert-OH is 1. The number of carboxylic acid groups (broad SMARTS) is 1. The maximum Gasteiger partial charge on any atom is 0.290 e. The van der Waals surface area contributed by atoms with Gasteiger partial charge in [0.1, 0.15) is 11.9 Å².